The highest BCUT2D eigenvalue weighted by Gasteiger charge is 2.43. The fourth-order valence-corrected chi connectivity index (χ4v) is 7.22. The number of aldehydes is 1. The van der Waals surface area contributed by atoms with Gasteiger partial charge in [0.25, 0.3) is 0 Å². The second-order valence-corrected chi connectivity index (χ2v) is 16.7. The van der Waals surface area contributed by atoms with Crippen molar-refractivity contribution < 1.29 is 38.2 Å². The van der Waals surface area contributed by atoms with E-state index < -0.39 is 71.4 Å². The summed E-state index contributed by atoms with van der Waals surface area (Å²) in [5.74, 6) is -2.31. The van der Waals surface area contributed by atoms with Crippen molar-refractivity contribution in [2.45, 2.75) is 149 Å². The minimum absolute atomic E-state index is 0.0126. The van der Waals surface area contributed by atoms with E-state index >= 15 is 0 Å². The average Bonchev–Trinajstić information content (AvgIpc) is 3.60. The number of rotatable bonds is 20. The van der Waals surface area contributed by atoms with E-state index in [0.29, 0.717) is 25.7 Å². The highest BCUT2D eigenvalue weighted by Crippen LogP contribution is 2.31. The molecule has 0 aliphatic carbocycles. The van der Waals surface area contributed by atoms with Crippen molar-refractivity contribution in [3.63, 3.8) is 0 Å². The van der Waals surface area contributed by atoms with Crippen LogP contribution in [0.15, 0.2) is 30.3 Å². The Balaban J connectivity index is 2.31. The van der Waals surface area contributed by atoms with Crippen LogP contribution in [0.3, 0.4) is 0 Å². The number of hydrogen-bond acceptors (Lipinski definition) is 9. The van der Waals surface area contributed by atoms with E-state index in [0.717, 1.165) is 12.0 Å². The van der Waals surface area contributed by atoms with Crippen LogP contribution in [0, 0.1) is 17.8 Å². The van der Waals surface area contributed by atoms with E-state index in [9.17, 15) is 24.0 Å². The lowest BCUT2D eigenvalue weighted by molar-refractivity contribution is -0.148. The van der Waals surface area contributed by atoms with Gasteiger partial charge in [-0.3, -0.25) is 19.2 Å². The lowest BCUT2D eigenvalue weighted by Crippen LogP contribution is -2.60. The van der Waals surface area contributed by atoms with Gasteiger partial charge in [-0.2, -0.15) is 0 Å². The van der Waals surface area contributed by atoms with Gasteiger partial charge >= 0.3 is 0 Å². The van der Waals surface area contributed by atoms with Crippen molar-refractivity contribution in [2.24, 2.45) is 23.5 Å². The van der Waals surface area contributed by atoms with Gasteiger partial charge in [-0.15, -0.1) is 0 Å². The van der Waals surface area contributed by atoms with Crippen LogP contribution in [-0.2, 0) is 38.2 Å². The second kappa shape index (κ2) is 20.5. The smallest absolute Gasteiger partial charge is 0.245 e. The van der Waals surface area contributed by atoms with Crippen molar-refractivity contribution in [1.82, 2.24) is 20.4 Å². The molecule has 306 valence electrons. The van der Waals surface area contributed by atoms with E-state index in [-0.39, 0.29) is 30.1 Å². The molecule has 2 rings (SSSR count). The number of likely N-dealkylation sites (N-methyl/N-ethyl adjacent to an activating group) is 1. The Hall–Kier alpha value is -3.39. The first-order chi connectivity index (χ1) is 25.1. The molecule has 1 aromatic carbocycles. The van der Waals surface area contributed by atoms with Crippen LogP contribution in [0.2, 0.25) is 0 Å². The number of ether oxygens (including phenoxy) is 3. The monoisotopic (exact) mass is 760 g/mol. The molecule has 4 amide bonds. The Labute approximate surface area is 323 Å². The molecule has 4 N–H and O–H groups in total. The zero-order chi connectivity index (χ0) is 41.1. The van der Waals surface area contributed by atoms with E-state index in [1.165, 1.54) is 14.2 Å². The molecule has 0 spiro atoms. The molecule has 1 aliphatic rings. The Morgan fingerprint density at radius 3 is 2.09 bits per heavy atom. The summed E-state index contributed by atoms with van der Waals surface area (Å²) in [4.78, 5) is 70.7. The standard InChI is InChI=1S/C41H69N5O8/c1-14-26(4)34(45(11)38(50)33(25(2)3)44-39(51)41(9,10)42)31(52-12)23-32(48)46-22-18-21-30(46)35(53-13)27(5)37(49)43-29(24-47)36(54-40(6,7)8)28-19-16-15-17-20-28/h15-17,19-20,24-27,29-31,33-36H,14,18,21-23,42H2,1-13H3,(H,43,49)(H,44,51)/t26-,27+,29+,30-,31+,33-,34-,35+,36?/m0/s1. The quantitative estimate of drug-likeness (QED) is 0.166. The van der Waals surface area contributed by atoms with Crippen LogP contribution in [-0.4, -0.2) is 115 Å². The number of amides is 4. The molecule has 1 fully saturated rings. The van der Waals surface area contributed by atoms with Gasteiger partial charge in [-0.1, -0.05) is 71.4 Å². The zero-order valence-electron chi connectivity index (χ0n) is 35.0. The Morgan fingerprint density at radius 1 is 1.00 bits per heavy atom. The van der Waals surface area contributed by atoms with Gasteiger partial charge in [-0.25, -0.2) is 0 Å². The first-order valence-electron chi connectivity index (χ1n) is 19.3. The molecule has 1 unspecified atom stereocenters. The summed E-state index contributed by atoms with van der Waals surface area (Å²) in [6.07, 6.45) is 0.679. The highest BCUT2D eigenvalue weighted by atomic mass is 16.5. The highest BCUT2D eigenvalue weighted by molar-refractivity contribution is 5.91. The third-order valence-corrected chi connectivity index (χ3v) is 10.5. The predicted molar refractivity (Wildman–Crippen MR) is 209 cm³/mol. The maximum atomic E-state index is 14.2. The van der Waals surface area contributed by atoms with Crippen molar-refractivity contribution >= 4 is 29.9 Å². The van der Waals surface area contributed by atoms with Crippen molar-refractivity contribution in [1.29, 1.82) is 0 Å². The number of likely N-dealkylation sites (tertiary alicyclic amines) is 1. The third-order valence-electron chi connectivity index (χ3n) is 10.5. The van der Waals surface area contributed by atoms with Crippen LogP contribution in [0.1, 0.15) is 107 Å². The van der Waals surface area contributed by atoms with E-state index in [1.807, 2.05) is 78.8 Å². The minimum Gasteiger partial charge on any atom is -0.379 e. The largest absolute Gasteiger partial charge is 0.379 e. The number of hydrogen-bond donors (Lipinski definition) is 3. The molecular weight excluding hydrogens is 690 g/mol. The summed E-state index contributed by atoms with van der Waals surface area (Å²) in [7, 11) is 4.74. The fourth-order valence-electron chi connectivity index (χ4n) is 7.22. The van der Waals surface area contributed by atoms with Crippen LogP contribution < -0.4 is 16.4 Å². The van der Waals surface area contributed by atoms with Gasteiger partial charge in [-0.05, 0) is 64.9 Å². The van der Waals surface area contributed by atoms with Crippen LogP contribution in [0.4, 0.5) is 0 Å². The van der Waals surface area contributed by atoms with Gasteiger partial charge in [0.1, 0.15) is 24.5 Å². The van der Waals surface area contributed by atoms with Crippen molar-refractivity contribution in [2.75, 3.05) is 27.8 Å². The van der Waals surface area contributed by atoms with Crippen molar-refractivity contribution in [3.8, 4) is 0 Å². The lowest BCUT2D eigenvalue weighted by Gasteiger charge is -2.41. The Bertz CT molecular complexity index is 1380. The molecule has 9 atom stereocenters. The number of carbonyl (C=O) groups is 5. The maximum Gasteiger partial charge on any atom is 0.245 e. The lowest BCUT2D eigenvalue weighted by atomic mass is 9.89. The van der Waals surface area contributed by atoms with Crippen LogP contribution >= 0.6 is 0 Å². The Kier molecular flexibility index (Phi) is 17.8. The molecule has 0 aromatic heterocycles. The number of nitrogens with zero attached hydrogens (tertiary/aromatic N) is 2. The molecule has 1 aliphatic heterocycles. The van der Waals surface area contributed by atoms with Gasteiger partial charge in [0, 0.05) is 27.8 Å². The molecule has 54 heavy (non-hydrogen) atoms. The fraction of sp³-hybridized carbons (Fsp3) is 0.732. The van der Waals surface area contributed by atoms with Gasteiger partial charge in [0.2, 0.25) is 23.6 Å². The number of carbonyl (C=O) groups excluding carboxylic acids is 5. The maximum absolute atomic E-state index is 14.2. The molecule has 13 nitrogen and oxygen atoms in total. The Morgan fingerprint density at radius 2 is 1.61 bits per heavy atom. The predicted octanol–water partition coefficient (Wildman–Crippen LogP) is 4.02. The van der Waals surface area contributed by atoms with Crippen molar-refractivity contribution in [3.05, 3.63) is 35.9 Å². The molecule has 13 heteroatoms. The molecule has 1 saturated heterocycles. The van der Waals surface area contributed by atoms with Crippen LogP contribution in [0.25, 0.3) is 0 Å². The zero-order valence-corrected chi connectivity index (χ0v) is 35.0. The number of methoxy groups -OCH3 is 2. The topological polar surface area (TPSA) is 170 Å². The van der Waals surface area contributed by atoms with E-state index in [1.54, 1.807) is 37.6 Å². The first kappa shape index (κ1) is 46.8. The SMILES string of the molecule is CC[C@H](C)[C@@H]([C@@H](CC(=O)N1CCC[C@H]1[C@H](OC)[C@@H](C)C(=O)N[C@H](C=O)C(OC(C)(C)C)c1ccccc1)OC)N(C)C(=O)[C@@H](NC(=O)C(C)(C)N)C(C)C. The van der Waals surface area contributed by atoms with E-state index in [4.69, 9.17) is 19.9 Å². The van der Waals surface area contributed by atoms with Gasteiger partial charge in [0.05, 0.1) is 47.8 Å². The number of benzene rings is 1. The summed E-state index contributed by atoms with van der Waals surface area (Å²) < 4.78 is 18.2. The molecular formula is C41H69N5O8. The molecule has 0 saturated carbocycles. The summed E-state index contributed by atoms with van der Waals surface area (Å²) in [5.41, 5.74) is 5.02. The number of nitrogens with two attached hydrogens (primary N) is 1. The summed E-state index contributed by atoms with van der Waals surface area (Å²) >= 11 is 0. The third kappa shape index (κ3) is 12.6. The van der Waals surface area contributed by atoms with Crippen LogP contribution in [0.5, 0.6) is 0 Å². The summed E-state index contributed by atoms with van der Waals surface area (Å²) in [6, 6.07) is 6.61. The summed E-state index contributed by atoms with van der Waals surface area (Å²) in [6.45, 7) is 18.8. The molecule has 1 aromatic rings. The normalized spacial score (nSPS) is 19.5. The van der Waals surface area contributed by atoms with Gasteiger partial charge in [0.15, 0.2) is 0 Å². The first-order valence-corrected chi connectivity index (χ1v) is 19.3. The van der Waals surface area contributed by atoms with Gasteiger partial charge < -0.3 is 45.2 Å². The molecule has 1 heterocycles. The molecule has 0 bridgehead atoms. The summed E-state index contributed by atoms with van der Waals surface area (Å²) in [5, 5.41) is 5.73. The number of nitrogens with one attached hydrogen (secondary N) is 2. The van der Waals surface area contributed by atoms with E-state index in [2.05, 4.69) is 10.6 Å². The second-order valence-electron chi connectivity index (χ2n) is 16.7. The average molecular weight is 760 g/mol. The molecule has 0 radical (unpaired) electrons. The minimum atomic E-state index is -1.17.